The van der Waals surface area contributed by atoms with E-state index in [1.165, 1.54) is 19.3 Å². The molecule has 0 aromatic heterocycles. The molecular weight excluding hydrogens is 212 g/mol. The van der Waals surface area contributed by atoms with Crippen LogP contribution in [0.1, 0.15) is 36.5 Å². The minimum Gasteiger partial charge on any atom is -0.497 e. The molecule has 0 aliphatic heterocycles. The van der Waals surface area contributed by atoms with Gasteiger partial charge in [-0.25, -0.2) is 0 Å². The van der Waals surface area contributed by atoms with Gasteiger partial charge in [-0.1, -0.05) is 12.5 Å². The molecule has 0 heterocycles. The summed E-state index contributed by atoms with van der Waals surface area (Å²) in [4.78, 5) is 0. The number of rotatable bonds is 3. The number of aliphatic hydroxyl groups excluding tert-OH is 1. The van der Waals surface area contributed by atoms with E-state index in [0.29, 0.717) is 5.92 Å². The Labute approximate surface area is 103 Å². The fourth-order valence-electron chi connectivity index (χ4n) is 3.66. The third-order valence-electron chi connectivity index (χ3n) is 4.63. The number of ether oxygens (including phenoxy) is 1. The average molecular weight is 232 g/mol. The molecule has 3 rings (SSSR count). The summed E-state index contributed by atoms with van der Waals surface area (Å²) < 4.78 is 5.20. The number of hydrogen-bond acceptors (Lipinski definition) is 2. The van der Waals surface area contributed by atoms with Crippen molar-refractivity contribution in [3.05, 3.63) is 29.3 Å². The van der Waals surface area contributed by atoms with E-state index < -0.39 is 0 Å². The molecule has 0 bridgehead atoms. The second kappa shape index (κ2) is 4.02. The molecule has 1 aromatic rings. The maximum Gasteiger partial charge on any atom is 0.119 e. The first-order chi connectivity index (χ1) is 8.22. The SMILES string of the molecule is COc1ccc(C(O)C2C3CCCC32)c(C)c1. The topological polar surface area (TPSA) is 29.5 Å². The lowest BCUT2D eigenvalue weighted by molar-refractivity contribution is 0.136. The summed E-state index contributed by atoms with van der Waals surface area (Å²) in [5.74, 6) is 2.99. The van der Waals surface area contributed by atoms with Gasteiger partial charge in [-0.05, 0) is 60.8 Å². The fraction of sp³-hybridized carbons (Fsp3) is 0.600. The van der Waals surface area contributed by atoms with E-state index in [-0.39, 0.29) is 6.10 Å². The molecule has 2 heteroatoms. The fourth-order valence-corrected chi connectivity index (χ4v) is 3.66. The van der Waals surface area contributed by atoms with Crippen LogP contribution in [0.25, 0.3) is 0 Å². The number of hydrogen-bond donors (Lipinski definition) is 1. The summed E-state index contributed by atoms with van der Waals surface area (Å²) in [6.07, 6.45) is 3.74. The molecule has 2 aliphatic carbocycles. The molecule has 0 amide bonds. The van der Waals surface area contributed by atoms with Crippen molar-refractivity contribution >= 4 is 0 Å². The van der Waals surface area contributed by atoms with Crippen LogP contribution in [0.4, 0.5) is 0 Å². The average Bonchev–Trinajstić information content (AvgIpc) is 2.81. The lowest BCUT2D eigenvalue weighted by Crippen LogP contribution is -2.06. The summed E-state index contributed by atoms with van der Waals surface area (Å²) in [6, 6.07) is 5.98. The molecule has 0 radical (unpaired) electrons. The summed E-state index contributed by atoms with van der Waals surface area (Å²) in [7, 11) is 1.68. The highest BCUT2D eigenvalue weighted by Gasteiger charge is 2.55. The van der Waals surface area contributed by atoms with Gasteiger partial charge in [0.15, 0.2) is 0 Å². The van der Waals surface area contributed by atoms with Gasteiger partial charge in [-0.3, -0.25) is 0 Å². The zero-order chi connectivity index (χ0) is 12.0. The van der Waals surface area contributed by atoms with Crippen LogP contribution in [-0.4, -0.2) is 12.2 Å². The minimum absolute atomic E-state index is 0.267. The van der Waals surface area contributed by atoms with Gasteiger partial charge in [0.1, 0.15) is 5.75 Å². The Bertz CT molecular complexity index is 417. The van der Waals surface area contributed by atoms with Crippen LogP contribution >= 0.6 is 0 Å². The Balaban J connectivity index is 1.80. The quantitative estimate of drug-likeness (QED) is 0.867. The first kappa shape index (κ1) is 11.1. The molecule has 2 fully saturated rings. The maximum absolute atomic E-state index is 10.5. The summed E-state index contributed by atoms with van der Waals surface area (Å²) >= 11 is 0. The van der Waals surface area contributed by atoms with Gasteiger partial charge in [0, 0.05) is 0 Å². The van der Waals surface area contributed by atoms with Crippen LogP contribution in [-0.2, 0) is 0 Å². The van der Waals surface area contributed by atoms with Crippen molar-refractivity contribution < 1.29 is 9.84 Å². The van der Waals surface area contributed by atoms with E-state index in [1.807, 2.05) is 18.2 Å². The van der Waals surface area contributed by atoms with Crippen LogP contribution in [0.2, 0.25) is 0 Å². The molecule has 0 spiro atoms. The monoisotopic (exact) mass is 232 g/mol. The van der Waals surface area contributed by atoms with Gasteiger partial charge in [0.05, 0.1) is 13.2 Å². The molecule has 92 valence electrons. The predicted molar refractivity (Wildman–Crippen MR) is 67.0 cm³/mol. The minimum atomic E-state index is -0.267. The Kier molecular flexibility index (Phi) is 2.62. The van der Waals surface area contributed by atoms with Crippen molar-refractivity contribution in [3.8, 4) is 5.75 Å². The van der Waals surface area contributed by atoms with Gasteiger partial charge < -0.3 is 9.84 Å². The highest BCUT2D eigenvalue weighted by atomic mass is 16.5. The first-order valence-corrected chi connectivity index (χ1v) is 6.55. The third-order valence-corrected chi connectivity index (χ3v) is 4.63. The van der Waals surface area contributed by atoms with E-state index in [2.05, 4.69) is 6.92 Å². The van der Waals surface area contributed by atoms with Gasteiger partial charge in [-0.15, -0.1) is 0 Å². The van der Waals surface area contributed by atoms with E-state index in [4.69, 9.17) is 4.74 Å². The van der Waals surface area contributed by atoms with Crippen molar-refractivity contribution in [1.29, 1.82) is 0 Å². The number of aliphatic hydroxyl groups is 1. The lowest BCUT2D eigenvalue weighted by Gasteiger charge is -2.16. The molecular formula is C15H20O2. The summed E-state index contributed by atoms with van der Waals surface area (Å²) in [5.41, 5.74) is 2.23. The Morgan fingerprint density at radius 1 is 1.29 bits per heavy atom. The summed E-state index contributed by atoms with van der Waals surface area (Å²) in [5, 5.41) is 10.5. The van der Waals surface area contributed by atoms with Crippen LogP contribution in [0.3, 0.4) is 0 Å². The number of benzene rings is 1. The van der Waals surface area contributed by atoms with Crippen molar-refractivity contribution in [2.45, 2.75) is 32.3 Å². The van der Waals surface area contributed by atoms with E-state index in [0.717, 1.165) is 28.7 Å². The second-order valence-electron chi connectivity index (χ2n) is 5.50. The van der Waals surface area contributed by atoms with Gasteiger partial charge in [0.2, 0.25) is 0 Å². The van der Waals surface area contributed by atoms with Crippen LogP contribution < -0.4 is 4.74 Å². The van der Waals surface area contributed by atoms with Crippen LogP contribution in [0.15, 0.2) is 18.2 Å². The second-order valence-corrected chi connectivity index (χ2v) is 5.50. The summed E-state index contributed by atoms with van der Waals surface area (Å²) in [6.45, 7) is 2.05. The predicted octanol–water partition coefficient (Wildman–Crippen LogP) is 3.08. The molecule has 3 atom stereocenters. The van der Waals surface area contributed by atoms with E-state index in [1.54, 1.807) is 7.11 Å². The number of methoxy groups -OCH3 is 1. The number of fused-ring (bicyclic) bond motifs is 1. The van der Waals surface area contributed by atoms with Crippen molar-refractivity contribution in [3.63, 3.8) is 0 Å². The smallest absolute Gasteiger partial charge is 0.119 e. The standard InChI is InChI=1S/C15H20O2/c1-9-8-10(17-2)6-7-11(9)15(16)14-12-4-3-5-13(12)14/h6-8,12-16H,3-5H2,1-2H3. The Morgan fingerprint density at radius 3 is 2.59 bits per heavy atom. The molecule has 1 N–H and O–H groups in total. The third kappa shape index (κ3) is 1.75. The maximum atomic E-state index is 10.5. The Morgan fingerprint density at radius 2 is 2.00 bits per heavy atom. The zero-order valence-electron chi connectivity index (χ0n) is 10.5. The van der Waals surface area contributed by atoms with E-state index >= 15 is 0 Å². The first-order valence-electron chi connectivity index (χ1n) is 6.55. The van der Waals surface area contributed by atoms with Crippen molar-refractivity contribution in [1.82, 2.24) is 0 Å². The molecule has 0 saturated heterocycles. The van der Waals surface area contributed by atoms with Crippen LogP contribution in [0, 0.1) is 24.7 Å². The van der Waals surface area contributed by atoms with E-state index in [9.17, 15) is 5.11 Å². The number of aryl methyl sites for hydroxylation is 1. The molecule has 2 nitrogen and oxygen atoms in total. The van der Waals surface area contributed by atoms with Crippen LogP contribution in [0.5, 0.6) is 5.75 Å². The molecule has 3 unspecified atom stereocenters. The Hall–Kier alpha value is -1.02. The molecule has 2 aliphatic rings. The van der Waals surface area contributed by atoms with Gasteiger partial charge in [0.25, 0.3) is 0 Å². The lowest BCUT2D eigenvalue weighted by atomic mass is 9.96. The molecule has 2 saturated carbocycles. The van der Waals surface area contributed by atoms with Gasteiger partial charge >= 0.3 is 0 Å². The molecule has 17 heavy (non-hydrogen) atoms. The molecule has 1 aromatic carbocycles. The van der Waals surface area contributed by atoms with Gasteiger partial charge in [-0.2, -0.15) is 0 Å². The van der Waals surface area contributed by atoms with Crippen molar-refractivity contribution in [2.75, 3.05) is 7.11 Å². The van der Waals surface area contributed by atoms with Crippen molar-refractivity contribution in [2.24, 2.45) is 17.8 Å². The highest BCUT2D eigenvalue weighted by molar-refractivity contribution is 5.37. The highest BCUT2D eigenvalue weighted by Crippen LogP contribution is 2.62. The zero-order valence-corrected chi connectivity index (χ0v) is 10.5. The largest absolute Gasteiger partial charge is 0.497 e. The normalized spacial score (nSPS) is 32.1.